The quantitative estimate of drug-likeness (QED) is 0.457. The van der Waals surface area contributed by atoms with Gasteiger partial charge in [0.15, 0.2) is 0 Å². The predicted octanol–water partition coefficient (Wildman–Crippen LogP) is -0.681. The van der Waals surface area contributed by atoms with E-state index in [0.717, 1.165) is 13.0 Å². The van der Waals surface area contributed by atoms with Crippen LogP contribution >= 0.6 is 0 Å². The van der Waals surface area contributed by atoms with Crippen LogP contribution in [0, 0.1) is 0 Å². The van der Waals surface area contributed by atoms with E-state index in [9.17, 15) is 5.11 Å². The molecule has 1 heterocycles. The van der Waals surface area contributed by atoms with E-state index >= 15 is 0 Å². The van der Waals surface area contributed by atoms with Crippen molar-refractivity contribution in [2.24, 2.45) is 0 Å². The van der Waals surface area contributed by atoms with Gasteiger partial charge in [0.25, 0.3) is 0 Å². The molecule has 2 atom stereocenters. The Bertz CT molecular complexity index is 114. The molecule has 0 radical (unpaired) electrons. The molecule has 1 fully saturated rings. The molecule has 0 aliphatic carbocycles. The van der Waals surface area contributed by atoms with Crippen LogP contribution in [0.25, 0.3) is 0 Å². The molecule has 3 heteroatoms. The molecule has 0 aromatic carbocycles. The summed E-state index contributed by atoms with van der Waals surface area (Å²) in [6.45, 7) is 3.56. The maximum Gasteiger partial charge on any atom is 0.0895 e. The molecule has 3 nitrogen and oxygen atoms in total. The molecular weight excluding hydrogens is 128 g/mol. The second-order valence-electron chi connectivity index (χ2n) is 3.16. The molecule has 1 rings (SSSR count). The van der Waals surface area contributed by atoms with Crippen LogP contribution in [-0.2, 0) is 0 Å². The van der Waals surface area contributed by atoms with Gasteiger partial charge in [0, 0.05) is 12.6 Å². The highest BCUT2D eigenvalue weighted by Gasteiger charge is 2.32. The van der Waals surface area contributed by atoms with Crippen LogP contribution in [0.15, 0.2) is 0 Å². The van der Waals surface area contributed by atoms with Gasteiger partial charge in [-0.05, 0) is 26.9 Å². The number of likely N-dealkylation sites (N-methyl/N-ethyl adjacent to an activating group) is 1. The summed E-state index contributed by atoms with van der Waals surface area (Å²) >= 11 is 0. The third kappa shape index (κ3) is 1.48. The van der Waals surface area contributed by atoms with Gasteiger partial charge in [0.2, 0.25) is 0 Å². The highest BCUT2D eigenvalue weighted by atomic mass is 16.3. The Morgan fingerprint density at radius 1 is 1.70 bits per heavy atom. The highest BCUT2D eigenvalue weighted by Crippen LogP contribution is 2.14. The van der Waals surface area contributed by atoms with Crippen molar-refractivity contribution in [2.45, 2.75) is 25.0 Å². The fourth-order valence-corrected chi connectivity index (χ4v) is 1.48. The van der Waals surface area contributed by atoms with Crippen molar-refractivity contribution in [3.63, 3.8) is 0 Å². The molecule has 1 aliphatic rings. The average molecular weight is 144 g/mol. The van der Waals surface area contributed by atoms with Crippen LogP contribution in [0.2, 0.25) is 0 Å². The molecular formula is C7H16N2O. The third-order valence-corrected chi connectivity index (χ3v) is 2.19. The van der Waals surface area contributed by atoms with Crippen LogP contribution in [0.3, 0.4) is 0 Å². The lowest BCUT2D eigenvalue weighted by Gasteiger charge is -2.37. The smallest absolute Gasteiger partial charge is 0.0895 e. The summed E-state index contributed by atoms with van der Waals surface area (Å²) in [6.07, 6.45) is 1.00. The SMILES string of the molecule is CN[C@H]1CCNC[C@@]1(C)O. The van der Waals surface area contributed by atoms with E-state index in [1.54, 1.807) is 0 Å². The summed E-state index contributed by atoms with van der Waals surface area (Å²) in [7, 11) is 1.89. The van der Waals surface area contributed by atoms with E-state index in [-0.39, 0.29) is 6.04 Å². The van der Waals surface area contributed by atoms with Crippen molar-refractivity contribution in [2.75, 3.05) is 20.1 Å². The first-order valence-electron chi connectivity index (χ1n) is 3.77. The number of β-amino-alcohol motifs (C(OH)–C–C–N with tert-alkyl or cyclic N) is 1. The predicted molar refractivity (Wildman–Crippen MR) is 41.0 cm³/mol. The second-order valence-corrected chi connectivity index (χ2v) is 3.16. The fraction of sp³-hybridized carbons (Fsp3) is 1.00. The van der Waals surface area contributed by atoms with Gasteiger partial charge in [0.1, 0.15) is 0 Å². The summed E-state index contributed by atoms with van der Waals surface area (Å²) in [4.78, 5) is 0. The Kier molecular flexibility index (Phi) is 2.28. The molecule has 1 aliphatic heterocycles. The van der Waals surface area contributed by atoms with E-state index in [1.165, 1.54) is 0 Å². The average Bonchev–Trinajstić information content (AvgIpc) is 1.87. The lowest BCUT2D eigenvalue weighted by atomic mass is 9.91. The maximum atomic E-state index is 9.71. The first-order chi connectivity index (χ1) is 4.67. The summed E-state index contributed by atoms with van der Waals surface area (Å²) in [5.41, 5.74) is -0.576. The minimum atomic E-state index is -0.576. The normalized spacial score (nSPS) is 41.7. The Balaban J connectivity index is 2.51. The molecule has 3 N–H and O–H groups in total. The number of nitrogens with one attached hydrogen (secondary N) is 2. The van der Waals surface area contributed by atoms with Crippen LogP contribution in [0.4, 0.5) is 0 Å². The van der Waals surface area contributed by atoms with Crippen LogP contribution < -0.4 is 10.6 Å². The van der Waals surface area contributed by atoms with Crippen LogP contribution in [0.1, 0.15) is 13.3 Å². The van der Waals surface area contributed by atoms with Crippen LogP contribution in [0.5, 0.6) is 0 Å². The molecule has 0 amide bonds. The summed E-state index contributed by atoms with van der Waals surface area (Å²) < 4.78 is 0. The fourth-order valence-electron chi connectivity index (χ4n) is 1.48. The molecule has 0 spiro atoms. The molecule has 10 heavy (non-hydrogen) atoms. The summed E-state index contributed by atoms with van der Waals surface area (Å²) in [5.74, 6) is 0. The lowest BCUT2D eigenvalue weighted by molar-refractivity contribution is 0.00491. The van der Waals surface area contributed by atoms with Gasteiger partial charge in [-0.15, -0.1) is 0 Å². The Labute approximate surface area is 61.8 Å². The van der Waals surface area contributed by atoms with Gasteiger partial charge in [-0.1, -0.05) is 0 Å². The molecule has 0 bridgehead atoms. The van der Waals surface area contributed by atoms with Gasteiger partial charge < -0.3 is 15.7 Å². The standard InChI is InChI=1S/C7H16N2O/c1-7(10)5-9-4-3-6(7)8-2/h6,8-10H,3-5H2,1-2H3/t6-,7+/m0/s1. The van der Waals surface area contributed by atoms with Gasteiger partial charge in [-0.25, -0.2) is 0 Å². The van der Waals surface area contributed by atoms with Gasteiger partial charge >= 0.3 is 0 Å². The molecule has 0 unspecified atom stereocenters. The number of hydrogen-bond acceptors (Lipinski definition) is 3. The number of hydrogen-bond donors (Lipinski definition) is 3. The second kappa shape index (κ2) is 2.86. The molecule has 0 aromatic rings. The largest absolute Gasteiger partial charge is 0.387 e. The monoisotopic (exact) mass is 144 g/mol. The van der Waals surface area contributed by atoms with Crippen molar-refractivity contribution in [3.05, 3.63) is 0 Å². The van der Waals surface area contributed by atoms with E-state index in [2.05, 4.69) is 10.6 Å². The van der Waals surface area contributed by atoms with Gasteiger partial charge in [-0.2, -0.15) is 0 Å². The Morgan fingerprint density at radius 3 is 2.80 bits per heavy atom. The Hall–Kier alpha value is -0.120. The Morgan fingerprint density at radius 2 is 2.40 bits per heavy atom. The number of aliphatic hydroxyl groups is 1. The third-order valence-electron chi connectivity index (χ3n) is 2.19. The van der Waals surface area contributed by atoms with Crippen molar-refractivity contribution in [1.29, 1.82) is 0 Å². The first kappa shape index (κ1) is 7.98. The maximum absolute atomic E-state index is 9.71. The highest BCUT2D eigenvalue weighted by molar-refractivity contribution is 4.92. The van der Waals surface area contributed by atoms with Gasteiger partial charge in [0.05, 0.1) is 5.60 Å². The van der Waals surface area contributed by atoms with E-state index in [1.807, 2.05) is 14.0 Å². The zero-order valence-corrected chi connectivity index (χ0v) is 6.65. The van der Waals surface area contributed by atoms with E-state index in [4.69, 9.17) is 0 Å². The van der Waals surface area contributed by atoms with Crippen molar-refractivity contribution < 1.29 is 5.11 Å². The molecule has 0 aromatic heterocycles. The van der Waals surface area contributed by atoms with E-state index in [0.29, 0.717) is 6.54 Å². The zero-order chi connectivity index (χ0) is 7.61. The van der Waals surface area contributed by atoms with E-state index < -0.39 is 5.60 Å². The van der Waals surface area contributed by atoms with Gasteiger partial charge in [-0.3, -0.25) is 0 Å². The topological polar surface area (TPSA) is 44.3 Å². The summed E-state index contributed by atoms with van der Waals surface area (Å²) in [5, 5.41) is 16.0. The molecule has 0 saturated carbocycles. The number of piperidine rings is 1. The van der Waals surface area contributed by atoms with Crippen molar-refractivity contribution >= 4 is 0 Å². The number of rotatable bonds is 1. The van der Waals surface area contributed by atoms with Crippen LogP contribution in [-0.4, -0.2) is 36.9 Å². The van der Waals surface area contributed by atoms with Crippen molar-refractivity contribution in [1.82, 2.24) is 10.6 Å². The first-order valence-corrected chi connectivity index (χ1v) is 3.77. The van der Waals surface area contributed by atoms with Crippen molar-refractivity contribution in [3.8, 4) is 0 Å². The summed E-state index contributed by atoms with van der Waals surface area (Å²) in [6, 6.07) is 0.244. The molecule has 1 saturated heterocycles. The minimum absolute atomic E-state index is 0.244. The lowest BCUT2D eigenvalue weighted by Crippen LogP contribution is -2.58. The minimum Gasteiger partial charge on any atom is -0.387 e. The zero-order valence-electron chi connectivity index (χ0n) is 6.65. The molecule has 60 valence electrons.